The Hall–Kier alpha value is -2.07. The SMILES string of the molecule is C#CCOC(C)(C)CCOC(C)(C)CCC(=O)NCCOC(C)(C)CCOC(C)(C)CCC(=O)NCCOC(C)(C)CCOC(C)(C)CC(=O)C(C)(C)C. The summed E-state index contributed by atoms with van der Waals surface area (Å²) in [5.74, 6) is 2.58. The van der Waals surface area contributed by atoms with Gasteiger partial charge >= 0.3 is 0 Å². The van der Waals surface area contributed by atoms with Gasteiger partial charge in [-0.15, -0.1) is 6.42 Å². The Kier molecular flexibility index (Phi) is 22.3. The first kappa shape index (κ1) is 51.9. The van der Waals surface area contributed by atoms with E-state index in [0.717, 1.165) is 0 Å². The van der Waals surface area contributed by atoms with E-state index in [4.69, 9.17) is 34.8 Å². The summed E-state index contributed by atoms with van der Waals surface area (Å²) in [4.78, 5) is 37.4. The summed E-state index contributed by atoms with van der Waals surface area (Å²) in [6, 6.07) is 0. The average Bonchev–Trinajstić information content (AvgIpc) is 3.01. The van der Waals surface area contributed by atoms with Crippen LogP contribution in [0.1, 0.15) is 155 Å². The molecule has 0 aromatic rings. The fraction of sp³-hybridized carbons (Fsp3) is 0.884. The van der Waals surface area contributed by atoms with Crippen LogP contribution in [-0.2, 0) is 42.8 Å². The molecule has 0 aliphatic carbocycles. The van der Waals surface area contributed by atoms with Crippen LogP contribution < -0.4 is 10.6 Å². The highest BCUT2D eigenvalue weighted by atomic mass is 16.5. The van der Waals surface area contributed by atoms with Gasteiger partial charge in [0.15, 0.2) is 0 Å². The molecule has 0 rings (SSSR count). The topological polar surface area (TPSA) is 131 Å². The summed E-state index contributed by atoms with van der Waals surface area (Å²) in [5.41, 5.74) is -3.07. The van der Waals surface area contributed by atoms with Gasteiger partial charge in [0.25, 0.3) is 0 Å². The summed E-state index contributed by atoms with van der Waals surface area (Å²) in [6.45, 7) is 32.9. The third kappa shape index (κ3) is 27.5. The number of carbonyl (C=O) groups is 3. The Morgan fingerprint density at radius 3 is 1.13 bits per heavy atom. The lowest BCUT2D eigenvalue weighted by atomic mass is 9.84. The number of rotatable bonds is 30. The van der Waals surface area contributed by atoms with Gasteiger partial charge in [-0.2, -0.15) is 0 Å². The molecule has 0 aliphatic heterocycles. The minimum atomic E-state index is -0.537. The van der Waals surface area contributed by atoms with Crippen LogP contribution in [0.5, 0.6) is 0 Å². The maximum Gasteiger partial charge on any atom is 0.220 e. The monoisotopic (exact) mass is 769 g/mol. The van der Waals surface area contributed by atoms with Gasteiger partial charge in [-0.05, 0) is 115 Å². The highest BCUT2D eigenvalue weighted by Gasteiger charge is 2.31. The van der Waals surface area contributed by atoms with Crippen LogP contribution in [0.3, 0.4) is 0 Å². The molecular formula is C43H80N2O9. The van der Waals surface area contributed by atoms with Gasteiger partial charge in [0.05, 0.1) is 66.6 Å². The summed E-state index contributed by atoms with van der Waals surface area (Å²) in [7, 11) is 0. The normalized spacial score (nSPS) is 13.4. The van der Waals surface area contributed by atoms with Crippen molar-refractivity contribution < 1.29 is 42.8 Å². The number of hydrogen-bond acceptors (Lipinski definition) is 9. The fourth-order valence-corrected chi connectivity index (χ4v) is 5.06. The summed E-state index contributed by atoms with van der Waals surface area (Å²) in [5, 5.41) is 5.88. The molecule has 0 fully saturated rings. The Balaban J connectivity index is 4.24. The Bertz CT molecular complexity index is 1160. The van der Waals surface area contributed by atoms with E-state index in [1.807, 2.05) is 104 Å². The van der Waals surface area contributed by atoms with Crippen molar-refractivity contribution in [2.24, 2.45) is 5.41 Å². The van der Waals surface area contributed by atoms with Crippen molar-refractivity contribution in [2.45, 2.75) is 189 Å². The van der Waals surface area contributed by atoms with Crippen molar-refractivity contribution in [1.82, 2.24) is 10.6 Å². The zero-order chi connectivity index (χ0) is 41.9. The smallest absolute Gasteiger partial charge is 0.220 e. The van der Waals surface area contributed by atoms with Gasteiger partial charge in [-0.1, -0.05) is 26.7 Å². The highest BCUT2D eigenvalue weighted by Crippen LogP contribution is 2.26. The van der Waals surface area contributed by atoms with Crippen molar-refractivity contribution in [2.75, 3.05) is 52.7 Å². The van der Waals surface area contributed by atoms with Crippen molar-refractivity contribution in [3.8, 4) is 12.3 Å². The van der Waals surface area contributed by atoms with Crippen molar-refractivity contribution >= 4 is 17.6 Å². The number of nitrogens with one attached hydrogen (secondary N) is 2. The predicted molar refractivity (Wildman–Crippen MR) is 216 cm³/mol. The van der Waals surface area contributed by atoms with Crippen LogP contribution in [0.4, 0.5) is 0 Å². The van der Waals surface area contributed by atoms with Gasteiger partial charge in [-0.25, -0.2) is 0 Å². The number of terminal acetylenes is 1. The van der Waals surface area contributed by atoms with E-state index < -0.39 is 28.0 Å². The molecule has 0 spiro atoms. The molecule has 0 aromatic heterocycles. The molecule has 0 aliphatic rings. The van der Waals surface area contributed by atoms with Gasteiger partial charge in [0, 0.05) is 37.8 Å². The lowest BCUT2D eigenvalue weighted by Gasteiger charge is -2.31. The average molecular weight is 769 g/mol. The first-order chi connectivity index (χ1) is 24.5. The Labute approximate surface area is 329 Å². The molecule has 0 unspecified atom stereocenters. The predicted octanol–water partition coefficient (Wildman–Crippen LogP) is 7.36. The molecule has 0 heterocycles. The Morgan fingerprint density at radius 1 is 0.463 bits per heavy atom. The van der Waals surface area contributed by atoms with Crippen LogP contribution in [0, 0.1) is 17.8 Å². The Morgan fingerprint density at radius 2 is 0.778 bits per heavy atom. The molecule has 0 aromatic carbocycles. The molecule has 0 saturated heterocycles. The van der Waals surface area contributed by atoms with Crippen LogP contribution >= 0.6 is 0 Å². The molecule has 2 N–H and O–H groups in total. The van der Waals surface area contributed by atoms with Crippen LogP contribution in [0.2, 0.25) is 0 Å². The van der Waals surface area contributed by atoms with E-state index in [0.29, 0.717) is 97.5 Å². The second-order valence-corrected chi connectivity index (χ2v) is 19.1. The molecule has 0 radical (unpaired) electrons. The van der Waals surface area contributed by atoms with Crippen LogP contribution in [0.15, 0.2) is 0 Å². The number of Topliss-reactive ketones (excluding diaryl/α,β-unsaturated/α-hetero) is 1. The highest BCUT2D eigenvalue weighted by molar-refractivity contribution is 5.84. The molecule has 54 heavy (non-hydrogen) atoms. The molecule has 316 valence electrons. The maximum atomic E-state index is 12.5. The molecule has 11 nitrogen and oxygen atoms in total. The number of ether oxygens (including phenoxy) is 6. The standard InChI is InChI=1S/C43H80N2O9/c1-17-27-49-40(9,10)22-28-50-38(5,6)20-18-35(47)44-25-31-53-41(11,12)23-29-51-39(7,8)21-19-36(48)45-26-32-54-42(13,14)24-30-52-43(15,16)33-34(46)37(2,3)4/h1H,18-33H2,2-16H3,(H,44,47)(H,45,48). The molecule has 0 bridgehead atoms. The maximum absolute atomic E-state index is 12.5. The van der Waals surface area contributed by atoms with Crippen molar-refractivity contribution in [1.29, 1.82) is 0 Å². The lowest BCUT2D eigenvalue weighted by molar-refractivity contribution is -0.134. The quantitative estimate of drug-likeness (QED) is 0.0569. The summed E-state index contributed by atoms with van der Waals surface area (Å²) < 4.78 is 35.9. The minimum absolute atomic E-state index is 0.0381. The van der Waals surface area contributed by atoms with E-state index in [2.05, 4.69) is 16.6 Å². The number of carbonyl (C=O) groups excluding carboxylic acids is 3. The van der Waals surface area contributed by atoms with E-state index in [1.54, 1.807) is 0 Å². The molecule has 2 amide bonds. The van der Waals surface area contributed by atoms with Crippen molar-refractivity contribution in [3.63, 3.8) is 0 Å². The number of hydrogen-bond donors (Lipinski definition) is 2. The third-order valence-corrected chi connectivity index (χ3v) is 9.30. The van der Waals surface area contributed by atoms with Gasteiger partial charge < -0.3 is 39.1 Å². The van der Waals surface area contributed by atoms with Crippen LogP contribution in [-0.4, -0.2) is 104 Å². The largest absolute Gasteiger partial charge is 0.375 e. The lowest BCUT2D eigenvalue weighted by Crippen LogP contribution is -2.36. The second-order valence-electron chi connectivity index (χ2n) is 19.1. The first-order valence-electron chi connectivity index (χ1n) is 19.9. The first-order valence-corrected chi connectivity index (χ1v) is 19.9. The van der Waals surface area contributed by atoms with Gasteiger partial charge in [0.1, 0.15) is 12.4 Å². The summed E-state index contributed by atoms with van der Waals surface area (Å²) >= 11 is 0. The van der Waals surface area contributed by atoms with E-state index in [9.17, 15) is 14.4 Å². The van der Waals surface area contributed by atoms with Crippen molar-refractivity contribution in [3.05, 3.63) is 0 Å². The second kappa shape index (κ2) is 23.2. The fourth-order valence-electron chi connectivity index (χ4n) is 5.06. The van der Waals surface area contributed by atoms with E-state index in [1.165, 1.54) is 0 Å². The third-order valence-electron chi connectivity index (χ3n) is 9.30. The number of amides is 2. The zero-order valence-electron chi connectivity index (χ0n) is 37.1. The van der Waals surface area contributed by atoms with Crippen LogP contribution in [0.25, 0.3) is 0 Å². The molecule has 0 atom stereocenters. The van der Waals surface area contributed by atoms with E-state index in [-0.39, 0.29) is 35.2 Å². The zero-order valence-corrected chi connectivity index (χ0v) is 37.1. The molecule has 0 saturated carbocycles. The summed E-state index contributed by atoms with van der Waals surface area (Å²) in [6.07, 6.45) is 9.56. The minimum Gasteiger partial charge on any atom is -0.375 e. The number of ketones is 1. The van der Waals surface area contributed by atoms with Gasteiger partial charge in [-0.3, -0.25) is 14.4 Å². The van der Waals surface area contributed by atoms with E-state index >= 15 is 0 Å². The molecule has 11 heteroatoms. The van der Waals surface area contributed by atoms with Gasteiger partial charge in [0.2, 0.25) is 11.8 Å². The molecular weight excluding hydrogens is 688 g/mol.